The van der Waals surface area contributed by atoms with Gasteiger partial charge in [-0.3, -0.25) is 0 Å². The largest absolute Gasteiger partial charge is 0.452 e. The molecule has 8 aromatic rings. The summed E-state index contributed by atoms with van der Waals surface area (Å²) in [6, 6.07) is 51.8. The van der Waals surface area contributed by atoms with E-state index in [0.717, 1.165) is 46.0 Å². The lowest BCUT2D eigenvalue weighted by Crippen LogP contribution is -2.58. The van der Waals surface area contributed by atoms with Crippen molar-refractivity contribution < 1.29 is 4.74 Å². The molecule has 0 saturated heterocycles. The molecule has 246 valence electrons. The Morgan fingerprint density at radius 2 is 1.22 bits per heavy atom. The summed E-state index contributed by atoms with van der Waals surface area (Å²) in [5.41, 5.74) is 8.56. The minimum atomic E-state index is 0.167. The highest BCUT2D eigenvalue weighted by Crippen LogP contribution is 2.60. The van der Waals surface area contributed by atoms with E-state index in [4.69, 9.17) is 4.74 Å². The predicted molar refractivity (Wildman–Crippen MR) is 211 cm³/mol. The van der Waals surface area contributed by atoms with Crippen LogP contribution < -0.4 is 9.64 Å². The van der Waals surface area contributed by atoms with Crippen LogP contribution in [-0.2, 0) is 0 Å². The van der Waals surface area contributed by atoms with Gasteiger partial charge < -0.3 is 14.2 Å². The fourth-order valence-corrected chi connectivity index (χ4v) is 11.4. The number of aromatic nitrogens is 1. The Labute approximate surface area is 297 Å². The first-order valence-electron chi connectivity index (χ1n) is 18.8. The lowest BCUT2D eigenvalue weighted by atomic mass is 9.52. The molecule has 5 aliphatic rings. The molecule has 0 unspecified atom stereocenters. The zero-order valence-electron chi connectivity index (χ0n) is 28.6. The Morgan fingerprint density at radius 1 is 0.549 bits per heavy atom. The van der Waals surface area contributed by atoms with Gasteiger partial charge in [-0.1, -0.05) is 97.1 Å². The molecular weight excluding hydrogens is 621 g/mol. The maximum absolute atomic E-state index is 6.82. The van der Waals surface area contributed by atoms with Crippen molar-refractivity contribution in [3.05, 3.63) is 140 Å². The van der Waals surface area contributed by atoms with Crippen molar-refractivity contribution in [2.75, 3.05) is 4.90 Å². The van der Waals surface area contributed by atoms with Gasteiger partial charge in [-0.05, 0) is 126 Å². The summed E-state index contributed by atoms with van der Waals surface area (Å²) in [4.78, 5) is 2.78. The van der Waals surface area contributed by atoms with Crippen LogP contribution in [0, 0.1) is 17.8 Å². The number of rotatable bonds is 4. The van der Waals surface area contributed by atoms with Gasteiger partial charge >= 0.3 is 0 Å². The van der Waals surface area contributed by atoms with Gasteiger partial charge in [0, 0.05) is 33.2 Å². The van der Waals surface area contributed by atoms with Gasteiger partial charge in [-0.15, -0.1) is 0 Å². The third-order valence-electron chi connectivity index (χ3n) is 13.0. The van der Waals surface area contributed by atoms with E-state index >= 15 is 0 Å². The van der Waals surface area contributed by atoms with E-state index in [1.54, 1.807) is 0 Å². The van der Waals surface area contributed by atoms with Crippen LogP contribution in [0.5, 0.6) is 11.5 Å². The van der Waals surface area contributed by atoms with Crippen molar-refractivity contribution in [2.24, 2.45) is 17.8 Å². The fourth-order valence-electron chi connectivity index (χ4n) is 11.4. The van der Waals surface area contributed by atoms with Gasteiger partial charge in [0.1, 0.15) is 0 Å². The molecule has 0 amide bonds. The highest BCUT2D eigenvalue weighted by atomic mass is 16.5. The molecule has 0 N–H and O–H groups in total. The van der Waals surface area contributed by atoms with E-state index in [0.29, 0.717) is 0 Å². The quantitative estimate of drug-likeness (QED) is 0.175. The fraction of sp³-hybridized carbons (Fsp3) is 0.208. The van der Waals surface area contributed by atoms with Crippen LogP contribution in [0.2, 0.25) is 0 Å². The number of hydrogen-bond donors (Lipinski definition) is 0. The normalized spacial score (nSPS) is 22.9. The SMILES string of the molecule is c1cc(-c2ccc(N(c3ccc4c(ccc5ccccc54)c3)C34CC5CC(CC(C5)C3)C4)cc2)c2c(c1)-n1c3ccccc3c3cccc(c31)O2. The van der Waals surface area contributed by atoms with E-state index in [2.05, 4.69) is 149 Å². The van der Waals surface area contributed by atoms with Gasteiger partial charge in [0.05, 0.1) is 16.7 Å². The topological polar surface area (TPSA) is 17.4 Å². The summed E-state index contributed by atoms with van der Waals surface area (Å²) in [5, 5.41) is 7.77. The first-order valence-corrected chi connectivity index (χ1v) is 18.8. The number of benzene rings is 7. The summed E-state index contributed by atoms with van der Waals surface area (Å²) >= 11 is 0. The minimum Gasteiger partial charge on any atom is -0.452 e. The molecule has 1 aliphatic heterocycles. The third kappa shape index (κ3) is 4.01. The van der Waals surface area contributed by atoms with Gasteiger partial charge in [0.25, 0.3) is 0 Å². The molecule has 4 saturated carbocycles. The third-order valence-corrected chi connectivity index (χ3v) is 13.0. The van der Waals surface area contributed by atoms with Crippen LogP contribution in [0.1, 0.15) is 38.5 Å². The Morgan fingerprint density at radius 3 is 2.04 bits per heavy atom. The molecule has 4 fully saturated rings. The zero-order chi connectivity index (χ0) is 33.3. The van der Waals surface area contributed by atoms with Gasteiger partial charge in [0.15, 0.2) is 11.5 Å². The van der Waals surface area contributed by atoms with Crippen molar-refractivity contribution in [1.82, 2.24) is 4.57 Å². The molecule has 0 radical (unpaired) electrons. The van der Waals surface area contributed by atoms with E-state index in [1.165, 1.54) is 93.3 Å². The Bertz CT molecular complexity index is 2680. The standard InChI is InChI=1S/C48H38N2O/c1-2-8-38-33(7-1)15-16-35-26-37(21-22-39(35)38)50(48-27-30-23-31(28-48)25-32(24-30)29-48)36-19-17-34(18-20-36)40-10-5-13-44-47(40)51-45-14-6-11-42-41-9-3-4-12-43(41)49(44)46(42)45/h1-22,26,30-32H,23-25,27-29H2. The molecule has 1 aromatic heterocycles. The summed E-state index contributed by atoms with van der Waals surface area (Å²) in [5.74, 6) is 4.40. The van der Waals surface area contributed by atoms with Crippen LogP contribution in [0.25, 0.3) is 60.2 Å². The molecule has 51 heavy (non-hydrogen) atoms. The van der Waals surface area contributed by atoms with E-state index < -0.39 is 0 Å². The summed E-state index contributed by atoms with van der Waals surface area (Å²) in [6.07, 6.45) is 8.20. The monoisotopic (exact) mass is 658 g/mol. The van der Waals surface area contributed by atoms with Crippen molar-refractivity contribution >= 4 is 54.7 Å². The second-order valence-electron chi connectivity index (χ2n) is 16.0. The molecule has 4 aliphatic carbocycles. The highest BCUT2D eigenvalue weighted by molar-refractivity contribution is 6.12. The molecule has 3 heteroatoms. The molecule has 7 aromatic carbocycles. The van der Waals surface area contributed by atoms with Crippen molar-refractivity contribution in [2.45, 2.75) is 44.1 Å². The lowest BCUT2D eigenvalue weighted by Gasteiger charge is -2.61. The summed E-state index contributed by atoms with van der Waals surface area (Å²) in [6.45, 7) is 0. The minimum absolute atomic E-state index is 0.167. The molecule has 3 nitrogen and oxygen atoms in total. The average Bonchev–Trinajstić information content (AvgIpc) is 3.50. The Balaban J connectivity index is 0.996. The van der Waals surface area contributed by atoms with Crippen LogP contribution in [0.15, 0.2) is 140 Å². The number of nitrogens with zero attached hydrogens (tertiary/aromatic N) is 2. The van der Waals surface area contributed by atoms with Gasteiger partial charge in [-0.25, -0.2) is 0 Å². The second kappa shape index (κ2) is 10.3. The van der Waals surface area contributed by atoms with Crippen LogP contribution in [0.4, 0.5) is 11.4 Å². The number of para-hydroxylation sites is 3. The van der Waals surface area contributed by atoms with Crippen molar-refractivity contribution in [3.8, 4) is 28.3 Å². The second-order valence-corrected chi connectivity index (χ2v) is 16.0. The van der Waals surface area contributed by atoms with E-state index in [-0.39, 0.29) is 5.54 Å². The summed E-state index contributed by atoms with van der Waals surface area (Å²) < 4.78 is 9.21. The maximum Gasteiger partial charge on any atom is 0.159 e. The predicted octanol–water partition coefficient (Wildman–Crippen LogP) is 13.0. The van der Waals surface area contributed by atoms with Crippen molar-refractivity contribution in [3.63, 3.8) is 0 Å². The van der Waals surface area contributed by atoms with E-state index in [1.807, 2.05) is 0 Å². The first kappa shape index (κ1) is 28.2. The van der Waals surface area contributed by atoms with Crippen LogP contribution in [-0.4, -0.2) is 10.1 Å². The molecule has 0 spiro atoms. The molecule has 2 heterocycles. The summed E-state index contributed by atoms with van der Waals surface area (Å²) in [7, 11) is 0. The van der Waals surface area contributed by atoms with Gasteiger partial charge in [0.2, 0.25) is 0 Å². The van der Waals surface area contributed by atoms with Gasteiger partial charge in [-0.2, -0.15) is 0 Å². The zero-order valence-corrected chi connectivity index (χ0v) is 28.6. The molecule has 4 bridgehead atoms. The number of fused-ring (bicyclic) bond motifs is 8. The molecular formula is C48H38N2O. The van der Waals surface area contributed by atoms with Crippen LogP contribution >= 0.6 is 0 Å². The average molecular weight is 659 g/mol. The smallest absolute Gasteiger partial charge is 0.159 e. The molecule has 13 rings (SSSR count). The lowest BCUT2D eigenvalue weighted by molar-refractivity contribution is 0.000565. The number of anilines is 2. The number of hydrogen-bond acceptors (Lipinski definition) is 2. The first-order chi connectivity index (χ1) is 25.2. The van der Waals surface area contributed by atoms with Crippen LogP contribution in [0.3, 0.4) is 0 Å². The maximum atomic E-state index is 6.82. The Kier molecular flexibility index (Phi) is 5.67. The molecule has 0 atom stereocenters. The highest BCUT2D eigenvalue weighted by Gasteiger charge is 2.54. The Hall–Kier alpha value is -5.54. The number of ether oxygens (including phenoxy) is 1. The van der Waals surface area contributed by atoms with Crippen molar-refractivity contribution in [1.29, 1.82) is 0 Å². The van der Waals surface area contributed by atoms with E-state index in [9.17, 15) is 0 Å².